The first kappa shape index (κ1) is 15.5. The Morgan fingerprint density at radius 2 is 2.21 bits per heavy atom. The van der Waals surface area contributed by atoms with Crippen LogP contribution in [-0.4, -0.2) is 42.0 Å². The van der Waals surface area contributed by atoms with Crippen LogP contribution >= 0.6 is 0 Å². The summed E-state index contributed by atoms with van der Waals surface area (Å²) >= 11 is 0. The summed E-state index contributed by atoms with van der Waals surface area (Å²) in [7, 11) is -2.25. The molecule has 1 heterocycles. The summed E-state index contributed by atoms with van der Waals surface area (Å²) in [6.07, 6.45) is 3.55. The van der Waals surface area contributed by atoms with Crippen molar-refractivity contribution >= 4 is 16.0 Å². The normalized spacial score (nSPS) is 11.7. The molecule has 6 nitrogen and oxygen atoms in total. The van der Waals surface area contributed by atoms with Crippen LogP contribution in [0.15, 0.2) is 29.8 Å². The van der Waals surface area contributed by atoms with E-state index in [4.69, 9.17) is 5.11 Å². The molecule has 0 radical (unpaired) electrons. The molecule has 0 unspecified atom stereocenters. The Morgan fingerprint density at radius 1 is 1.58 bits per heavy atom. The van der Waals surface area contributed by atoms with Crippen LogP contribution in [0.2, 0.25) is 0 Å². The van der Waals surface area contributed by atoms with Crippen LogP contribution < -0.4 is 0 Å². The third-order valence-corrected chi connectivity index (χ3v) is 4.44. The molecule has 0 spiro atoms. The summed E-state index contributed by atoms with van der Waals surface area (Å²) in [4.78, 5) is 11.1. The maximum atomic E-state index is 12.2. The quantitative estimate of drug-likeness (QED) is 0.768. The van der Waals surface area contributed by atoms with Crippen molar-refractivity contribution in [2.24, 2.45) is 0 Å². The van der Waals surface area contributed by atoms with Gasteiger partial charge in [-0.2, -0.15) is 4.31 Å². The van der Waals surface area contributed by atoms with Gasteiger partial charge < -0.3 is 9.67 Å². The molecule has 0 aliphatic carbocycles. The largest absolute Gasteiger partial charge is 0.477 e. The zero-order valence-electron chi connectivity index (χ0n) is 11.0. The zero-order valence-corrected chi connectivity index (χ0v) is 11.9. The molecule has 19 heavy (non-hydrogen) atoms. The Balaban J connectivity index is 3.25. The van der Waals surface area contributed by atoms with Crippen molar-refractivity contribution in [1.82, 2.24) is 8.87 Å². The molecule has 106 valence electrons. The number of carboxylic acids is 1. The minimum atomic E-state index is -3.68. The topological polar surface area (TPSA) is 79.6 Å². The molecule has 0 fully saturated rings. The fourth-order valence-corrected chi connectivity index (χ4v) is 2.87. The van der Waals surface area contributed by atoms with Gasteiger partial charge in [-0.1, -0.05) is 13.0 Å². The van der Waals surface area contributed by atoms with Crippen molar-refractivity contribution in [2.45, 2.75) is 24.8 Å². The van der Waals surface area contributed by atoms with Crippen LogP contribution in [0, 0.1) is 0 Å². The fourth-order valence-electron chi connectivity index (χ4n) is 1.69. The number of carboxylic acid groups (broad SMARTS) is 1. The van der Waals surface area contributed by atoms with Crippen molar-refractivity contribution in [1.29, 1.82) is 0 Å². The van der Waals surface area contributed by atoms with Crippen LogP contribution in [0.5, 0.6) is 0 Å². The van der Waals surface area contributed by atoms with E-state index in [9.17, 15) is 13.2 Å². The third-order valence-electron chi connectivity index (χ3n) is 2.65. The summed E-state index contributed by atoms with van der Waals surface area (Å²) in [5.74, 6) is -1.14. The molecule has 0 aliphatic heterocycles. The van der Waals surface area contributed by atoms with E-state index >= 15 is 0 Å². The molecule has 1 aromatic rings. The van der Waals surface area contributed by atoms with Gasteiger partial charge in [0.15, 0.2) is 0 Å². The van der Waals surface area contributed by atoms with E-state index in [1.54, 1.807) is 0 Å². The van der Waals surface area contributed by atoms with E-state index in [1.807, 2.05) is 6.92 Å². The first-order chi connectivity index (χ1) is 8.84. The molecular weight excluding hydrogens is 268 g/mol. The lowest BCUT2D eigenvalue weighted by molar-refractivity contribution is 0.0685. The van der Waals surface area contributed by atoms with Gasteiger partial charge >= 0.3 is 5.97 Å². The highest BCUT2D eigenvalue weighted by molar-refractivity contribution is 7.89. The predicted octanol–water partition coefficient (Wildman–Crippen LogP) is 1.40. The standard InChI is InChI=1S/C12H18N2O4S/c1-4-6-13(3)19(17,18)10-8-11(12(15)16)14(9-10)7-5-2/h4,8-9H,1,5-7H2,2-3H3,(H,15,16). The SMILES string of the molecule is C=CCN(C)S(=O)(=O)c1cc(C(=O)O)n(CCC)c1. The van der Waals surface area contributed by atoms with Gasteiger partial charge in [0, 0.05) is 26.3 Å². The van der Waals surface area contributed by atoms with Gasteiger partial charge in [-0.05, 0) is 12.5 Å². The van der Waals surface area contributed by atoms with E-state index in [-0.39, 0.29) is 17.1 Å². The monoisotopic (exact) mass is 286 g/mol. The van der Waals surface area contributed by atoms with Gasteiger partial charge in [0.1, 0.15) is 10.6 Å². The van der Waals surface area contributed by atoms with E-state index in [0.29, 0.717) is 6.54 Å². The van der Waals surface area contributed by atoms with E-state index in [1.165, 1.54) is 30.0 Å². The lowest BCUT2D eigenvalue weighted by Gasteiger charge is -2.13. The Kier molecular flexibility index (Phi) is 4.90. The highest BCUT2D eigenvalue weighted by Crippen LogP contribution is 2.18. The van der Waals surface area contributed by atoms with Gasteiger partial charge in [-0.25, -0.2) is 13.2 Å². The summed E-state index contributed by atoms with van der Waals surface area (Å²) in [6, 6.07) is 1.19. The predicted molar refractivity (Wildman–Crippen MR) is 71.7 cm³/mol. The lowest BCUT2D eigenvalue weighted by Crippen LogP contribution is -2.26. The van der Waals surface area contributed by atoms with Gasteiger partial charge in [0.25, 0.3) is 0 Å². The second-order valence-electron chi connectivity index (χ2n) is 4.13. The Hall–Kier alpha value is -1.60. The smallest absolute Gasteiger partial charge is 0.352 e. The van der Waals surface area contributed by atoms with Gasteiger partial charge in [-0.3, -0.25) is 0 Å². The number of aryl methyl sites for hydroxylation is 1. The third kappa shape index (κ3) is 3.24. The second kappa shape index (κ2) is 6.03. The molecule has 1 N–H and O–H groups in total. The number of aromatic carboxylic acids is 1. The van der Waals surface area contributed by atoms with Gasteiger partial charge in [-0.15, -0.1) is 6.58 Å². The average Bonchev–Trinajstić information content (AvgIpc) is 2.74. The van der Waals surface area contributed by atoms with E-state index in [0.717, 1.165) is 10.7 Å². The molecular formula is C12H18N2O4S. The number of carbonyl (C=O) groups is 1. The molecule has 0 saturated carbocycles. The van der Waals surface area contributed by atoms with Crippen LogP contribution in [0.3, 0.4) is 0 Å². The van der Waals surface area contributed by atoms with Crippen LogP contribution in [0.1, 0.15) is 23.8 Å². The number of rotatable bonds is 7. The Morgan fingerprint density at radius 3 is 2.68 bits per heavy atom. The minimum Gasteiger partial charge on any atom is -0.477 e. The Bertz CT molecular complexity index is 575. The first-order valence-corrected chi connectivity index (χ1v) is 7.29. The zero-order chi connectivity index (χ0) is 14.6. The molecule has 0 aromatic carbocycles. The Labute approximate surface area is 113 Å². The van der Waals surface area contributed by atoms with E-state index < -0.39 is 16.0 Å². The van der Waals surface area contributed by atoms with Crippen molar-refractivity contribution in [2.75, 3.05) is 13.6 Å². The van der Waals surface area contributed by atoms with Crippen LogP contribution in [0.4, 0.5) is 0 Å². The number of sulfonamides is 1. The summed E-state index contributed by atoms with van der Waals surface area (Å²) in [5, 5.41) is 9.07. The van der Waals surface area contributed by atoms with Gasteiger partial charge in [0.2, 0.25) is 10.0 Å². The van der Waals surface area contributed by atoms with Crippen LogP contribution in [-0.2, 0) is 16.6 Å². The molecule has 0 amide bonds. The number of aromatic nitrogens is 1. The highest BCUT2D eigenvalue weighted by atomic mass is 32.2. The summed E-state index contributed by atoms with van der Waals surface area (Å²) in [5.41, 5.74) is -0.0209. The number of hydrogen-bond acceptors (Lipinski definition) is 3. The molecule has 0 bridgehead atoms. The maximum absolute atomic E-state index is 12.2. The molecule has 0 saturated heterocycles. The van der Waals surface area contributed by atoms with Crippen molar-refractivity contribution < 1.29 is 18.3 Å². The fraction of sp³-hybridized carbons (Fsp3) is 0.417. The van der Waals surface area contributed by atoms with Crippen LogP contribution in [0.25, 0.3) is 0 Å². The second-order valence-corrected chi connectivity index (χ2v) is 6.18. The molecule has 1 aromatic heterocycles. The molecule has 7 heteroatoms. The van der Waals surface area contributed by atoms with Crippen molar-refractivity contribution in [3.63, 3.8) is 0 Å². The van der Waals surface area contributed by atoms with Gasteiger partial charge in [0.05, 0.1) is 0 Å². The highest BCUT2D eigenvalue weighted by Gasteiger charge is 2.24. The average molecular weight is 286 g/mol. The lowest BCUT2D eigenvalue weighted by atomic mass is 10.4. The van der Waals surface area contributed by atoms with E-state index in [2.05, 4.69) is 6.58 Å². The van der Waals surface area contributed by atoms with Crippen molar-refractivity contribution in [3.8, 4) is 0 Å². The molecule has 0 atom stereocenters. The number of likely N-dealkylation sites (N-methyl/N-ethyl adjacent to an activating group) is 1. The minimum absolute atomic E-state index is 0.0114. The molecule has 1 rings (SSSR count). The maximum Gasteiger partial charge on any atom is 0.352 e. The summed E-state index contributed by atoms with van der Waals surface area (Å²) < 4.78 is 26.9. The first-order valence-electron chi connectivity index (χ1n) is 5.85. The molecule has 0 aliphatic rings. The number of nitrogens with zero attached hydrogens (tertiary/aromatic N) is 2. The number of hydrogen-bond donors (Lipinski definition) is 1. The summed E-state index contributed by atoms with van der Waals surface area (Å²) in [6.45, 7) is 6.01. The van der Waals surface area contributed by atoms with Crippen molar-refractivity contribution in [3.05, 3.63) is 30.6 Å².